The Morgan fingerprint density at radius 2 is 1.73 bits per heavy atom. The van der Waals surface area contributed by atoms with Crippen LogP contribution in [0, 0.1) is 5.82 Å². The number of nitrogens with zero attached hydrogens (tertiary/aromatic N) is 1. The summed E-state index contributed by atoms with van der Waals surface area (Å²) in [5.74, 6) is 0.490. The van der Waals surface area contributed by atoms with E-state index in [0.717, 1.165) is 11.3 Å². The van der Waals surface area contributed by atoms with Crippen LogP contribution in [0.1, 0.15) is 5.56 Å². The second-order valence-corrected chi connectivity index (χ2v) is 6.63. The van der Waals surface area contributed by atoms with E-state index in [2.05, 4.69) is 5.32 Å². The zero-order valence-electron chi connectivity index (χ0n) is 14.7. The number of carbonyl (C=O) groups excluding carboxylic acids is 2. The average molecular weight is 376 g/mol. The van der Waals surface area contributed by atoms with E-state index in [4.69, 9.17) is 4.74 Å². The van der Waals surface area contributed by atoms with Crippen molar-refractivity contribution < 1.29 is 18.7 Å². The summed E-state index contributed by atoms with van der Waals surface area (Å²) in [6.07, 6.45) is 0. The van der Waals surface area contributed by atoms with Crippen molar-refractivity contribution >= 4 is 29.3 Å². The standard InChI is InChI=1S/C19H21FN2O3S/c1-22(11-14-3-9-17(25-2)10-4-14)19(24)13-26-12-18(23)21-16-7-5-15(20)6-8-16/h3-10H,11-13H2,1-2H3,(H,21,23). The first kappa shape index (κ1) is 19.8. The van der Waals surface area contributed by atoms with Gasteiger partial charge in [0.2, 0.25) is 11.8 Å². The van der Waals surface area contributed by atoms with Crippen molar-refractivity contribution in [1.82, 2.24) is 4.90 Å². The molecule has 138 valence electrons. The number of hydrogen-bond acceptors (Lipinski definition) is 4. The van der Waals surface area contributed by atoms with Gasteiger partial charge in [-0.2, -0.15) is 0 Å². The first-order valence-corrected chi connectivity index (χ1v) is 9.13. The molecule has 0 saturated heterocycles. The zero-order valence-corrected chi connectivity index (χ0v) is 15.5. The molecule has 2 amide bonds. The van der Waals surface area contributed by atoms with Crippen LogP contribution in [-0.4, -0.2) is 42.4 Å². The predicted octanol–water partition coefficient (Wildman–Crippen LogP) is 3.16. The summed E-state index contributed by atoms with van der Waals surface area (Å²) in [6, 6.07) is 13.1. The van der Waals surface area contributed by atoms with Gasteiger partial charge in [0.15, 0.2) is 0 Å². The number of carbonyl (C=O) groups is 2. The van der Waals surface area contributed by atoms with Crippen LogP contribution in [0.2, 0.25) is 0 Å². The van der Waals surface area contributed by atoms with E-state index in [0.29, 0.717) is 12.2 Å². The number of nitrogens with one attached hydrogen (secondary N) is 1. The first-order chi connectivity index (χ1) is 12.5. The molecule has 7 heteroatoms. The van der Waals surface area contributed by atoms with Crippen LogP contribution in [0.3, 0.4) is 0 Å². The van der Waals surface area contributed by atoms with Crippen LogP contribution >= 0.6 is 11.8 Å². The number of hydrogen-bond donors (Lipinski definition) is 1. The van der Waals surface area contributed by atoms with Crippen molar-refractivity contribution in [2.75, 3.05) is 31.0 Å². The number of anilines is 1. The van der Waals surface area contributed by atoms with Crippen molar-refractivity contribution in [3.05, 3.63) is 59.9 Å². The molecule has 0 radical (unpaired) electrons. The molecule has 1 N–H and O–H groups in total. The molecule has 0 heterocycles. The van der Waals surface area contributed by atoms with Crippen molar-refractivity contribution in [1.29, 1.82) is 0 Å². The summed E-state index contributed by atoms with van der Waals surface area (Å²) in [7, 11) is 3.33. The quantitative estimate of drug-likeness (QED) is 0.769. The molecule has 0 aliphatic rings. The summed E-state index contributed by atoms with van der Waals surface area (Å²) >= 11 is 1.24. The van der Waals surface area contributed by atoms with Crippen LogP contribution in [0.15, 0.2) is 48.5 Å². The number of halogens is 1. The second-order valence-electron chi connectivity index (χ2n) is 5.65. The highest BCUT2D eigenvalue weighted by Gasteiger charge is 2.11. The molecule has 0 bridgehead atoms. The van der Waals surface area contributed by atoms with Gasteiger partial charge in [-0.3, -0.25) is 9.59 Å². The molecule has 0 aliphatic heterocycles. The molecule has 26 heavy (non-hydrogen) atoms. The molecule has 0 fully saturated rings. The molecular weight excluding hydrogens is 355 g/mol. The van der Waals surface area contributed by atoms with Crippen molar-refractivity contribution in [3.63, 3.8) is 0 Å². The molecule has 0 saturated carbocycles. The minimum absolute atomic E-state index is 0.0552. The van der Waals surface area contributed by atoms with E-state index in [-0.39, 0.29) is 29.1 Å². The molecule has 2 aromatic carbocycles. The molecule has 0 unspecified atom stereocenters. The highest BCUT2D eigenvalue weighted by molar-refractivity contribution is 8.00. The number of ether oxygens (including phenoxy) is 1. The minimum Gasteiger partial charge on any atom is -0.497 e. The Morgan fingerprint density at radius 1 is 1.08 bits per heavy atom. The van der Waals surface area contributed by atoms with Gasteiger partial charge in [0.1, 0.15) is 11.6 Å². The fourth-order valence-electron chi connectivity index (χ4n) is 2.16. The molecule has 0 atom stereocenters. The lowest BCUT2D eigenvalue weighted by atomic mass is 10.2. The molecule has 0 spiro atoms. The van der Waals surface area contributed by atoms with Gasteiger partial charge in [-0.1, -0.05) is 12.1 Å². The number of methoxy groups -OCH3 is 1. The maximum absolute atomic E-state index is 12.8. The normalized spacial score (nSPS) is 10.3. The van der Waals surface area contributed by atoms with E-state index < -0.39 is 0 Å². The van der Waals surface area contributed by atoms with Crippen LogP contribution in [0.4, 0.5) is 10.1 Å². The Kier molecular flexibility index (Phi) is 7.47. The number of rotatable bonds is 8. The van der Waals surface area contributed by atoms with Crippen LogP contribution in [0.25, 0.3) is 0 Å². The van der Waals surface area contributed by atoms with Crippen LogP contribution in [-0.2, 0) is 16.1 Å². The minimum atomic E-state index is -0.358. The number of amides is 2. The van der Waals surface area contributed by atoms with E-state index in [1.165, 1.54) is 36.0 Å². The van der Waals surface area contributed by atoms with E-state index in [9.17, 15) is 14.0 Å². The second kappa shape index (κ2) is 9.82. The van der Waals surface area contributed by atoms with Crippen molar-refractivity contribution in [3.8, 4) is 5.75 Å². The van der Waals surface area contributed by atoms with Gasteiger partial charge in [-0.15, -0.1) is 11.8 Å². The number of thioether (sulfide) groups is 1. The zero-order chi connectivity index (χ0) is 18.9. The van der Waals surface area contributed by atoms with Gasteiger partial charge in [-0.25, -0.2) is 4.39 Å². The van der Waals surface area contributed by atoms with Gasteiger partial charge in [0.05, 0.1) is 18.6 Å². The molecule has 0 aromatic heterocycles. The summed E-state index contributed by atoms with van der Waals surface area (Å²) in [5.41, 5.74) is 1.53. The summed E-state index contributed by atoms with van der Waals surface area (Å²) in [5, 5.41) is 2.66. The largest absolute Gasteiger partial charge is 0.497 e. The third-order valence-corrected chi connectivity index (χ3v) is 4.51. The third kappa shape index (κ3) is 6.40. The van der Waals surface area contributed by atoms with Gasteiger partial charge >= 0.3 is 0 Å². The summed E-state index contributed by atoms with van der Waals surface area (Å²) in [6.45, 7) is 0.491. The van der Waals surface area contributed by atoms with Gasteiger partial charge in [0.25, 0.3) is 0 Å². The molecule has 0 aliphatic carbocycles. The Hall–Kier alpha value is -2.54. The Balaban J connectivity index is 1.71. The highest BCUT2D eigenvalue weighted by atomic mass is 32.2. The van der Waals surface area contributed by atoms with E-state index in [1.807, 2.05) is 24.3 Å². The lowest BCUT2D eigenvalue weighted by Gasteiger charge is -2.17. The molecule has 2 aromatic rings. The first-order valence-electron chi connectivity index (χ1n) is 7.98. The van der Waals surface area contributed by atoms with Crippen molar-refractivity contribution in [2.24, 2.45) is 0 Å². The smallest absolute Gasteiger partial charge is 0.234 e. The maximum atomic E-state index is 12.8. The topological polar surface area (TPSA) is 58.6 Å². The van der Waals surface area contributed by atoms with Gasteiger partial charge in [0, 0.05) is 19.3 Å². The van der Waals surface area contributed by atoms with E-state index in [1.54, 1.807) is 19.1 Å². The van der Waals surface area contributed by atoms with E-state index >= 15 is 0 Å². The third-order valence-electron chi connectivity index (χ3n) is 3.59. The van der Waals surface area contributed by atoms with Gasteiger partial charge < -0.3 is 15.0 Å². The van der Waals surface area contributed by atoms with Crippen LogP contribution in [0.5, 0.6) is 5.75 Å². The fraction of sp³-hybridized carbons (Fsp3) is 0.263. The lowest BCUT2D eigenvalue weighted by molar-refractivity contribution is -0.127. The lowest BCUT2D eigenvalue weighted by Crippen LogP contribution is -2.28. The predicted molar refractivity (Wildman–Crippen MR) is 102 cm³/mol. The van der Waals surface area contributed by atoms with Crippen LogP contribution < -0.4 is 10.1 Å². The SMILES string of the molecule is COc1ccc(CN(C)C(=O)CSCC(=O)Nc2ccc(F)cc2)cc1. The molecular formula is C19H21FN2O3S. The molecule has 2 rings (SSSR count). The monoisotopic (exact) mass is 376 g/mol. The van der Waals surface area contributed by atoms with Crippen molar-refractivity contribution in [2.45, 2.75) is 6.54 Å². The molecule has 5 nitrogen and oxygen atoms in total. The highest BCUT2D eigenvalue weighted by Crippen LogP contribution is 2.13. The fourth-order valence-corrected chi connectivity index (χ4v) is 2.92. The summed E-state index contributed by atoms with van der Waals surface area (Å²) in [4.78, 5) is 25.6. The Morgan fingerprint density at radius 3 is 2.35 bits per heavy atom. The van der Waals surface area contributed by atoms with Gasteiger partial charge in [-0.05, 0) is 42.0 Å². The average Bonchev–Trinajstić information content (AvgIpc) is 2.64. The Bertz CT molecular complexity index is 735. The Labute approximate surface area is 156 Å². The maximum Gasteiger partial charge on any atom is 0.234 e. The summed E-state index contributed by atoms with van der Waals surface area (Å²) < 4.78 is 17.9. The number of benzene rings is 2.